The summed E-state index contributed by atoms with van der Waals surface area (Å²) in [5, 5.41) is 10.1. The van der Waals surface area contributed by atoms with Crippen molar-refractivity contribution in [3.63, 3.8) is 0 Å². The molecule has 0 aliphatic carbocycles. The van der Waals surface area contributed by atoms with E-state index < -0.39 is 5.91 Å². The van der Waals surface area contributed by atoms with Gasteiger partial charge in [-0.3, -0.25) is 9.59 Å². The van der Waals surface area contributed by atoms with Crippen molar-refractivity contribution in [2.75, 3.05) is 12.4 Å². The summed E-state index contributed by atoms with van der Waals surface area (Å²) >= 11 is 9.64. The number of anilines is 1. The molecule has 0 aliphatic heterocycles. The van der Waals surface area contributed by atoms with Crippen LogP contribution in [0, 0.1) is 13.8 Å². The molecule has 0 unspecified atom stereocenters. The number of nitrogens with zero attached hydrogens (tertiary/aromatic N) is 3. The van der Waals surface area contributed by atoms with E-state index in [1.807, 2.05) is 13.0 Å². The molecule has 144 valence electrons. The summed E-state index contributed by atoms with van der Waals surface area (Å²) in [6, 6.07) is 8.52. The molecule has 2 N–H and O–H groups in total. The second-order valence-corrected chi connectivity index (χ2v) is 7.36. The van der Waals surface area contributed by atoms with Gasteiger partial charge in [0, 0.05) is 17.7 Å². The van der Waals surface area contributed by atoms with Crippen molar-refractivity contribution in [1.29, 1.82) is 0 Å². The lowest BCUT2D eigenvalue weighted by molar-refractivity contribution is 0.0964. The van der Waals surface area contributed by atoms with Crippen molar-refractivity contribution in [3.8, 4) is 5.82 Å². The Kier molecular flexibility index (Phi) is 5.81. The summed E-state index contributed by atoms with van der Waals surface area (Å²) in [6.45, 7) is 3.63. The Morgan fingerprint density at radius 1 is 1.18 bits per heavy atom. The van der Waals surface area contributed by atoms with Gasteiger partial charge in [-0.05, 0) is 65.7 Å². The first-order valence-corrected chi connectivity index (χ1v) is 9.50. The minimum Gasteiger partial charge on any atom is -0.355 e. The zero-order chi connectivity index (χ0) is 20.4. The lowest BCUT2D eigenvalue weighted by atomic mass is 10.1. The largest absolute Gasteiger partial charge is 0.355 e. The third-order valence-corrected chi connectivity index (χ3v) is 4.87. The average molecular weight is 463 g/mol. The van der Waals surface area contributed by atoms with Crippen LogP contribution in [-0.4, -0.2) is 33.6 Å². The molecule has 3 aromatic rings. The zero-order valence-corrected chi connectivity index (χ0v) is 17.7. The van der Waals surface area contributed by atoms with Crippen LogP contribution in [0.3, 0.4) is 0 Å². The Hall–Kier alpha value is -2.71. The lowest BCUT2D eigenvalue weighted by Crippen LogP contribution is -2.23. The van der Waals surface area contributed by atoms with Crippen LogP contribution in [0.5, 0.6) is 0 Å². The van der Waals surface area contributed by atoms with Crippen molar-refractivity contribution < 1.29 is 9.59 Å². The third kappa shape index (κ3) is 3.93. The first kappa shape index (κ1) is 20.0. The number of carbonyl (C=O) groups is 2. The molecule has 0 bridgehead atoms. The summed E-state index contributed by atoms with van der Waals surface area (Å²) in [4.78, 5) is 29.5. The minimum atomic E-state index is -0.447. The van der Waals surface area contributed by atoms with Gasteiger partial charge in [0.1, 0.15) is 5.69 Å². The van der Waals surface area contributed by atoms with Crippen LogP contribution >= 0.6 is 27.5 Å². The number of pyridine rings is 1. The van der Waals surface area contributed by atoms with Gasteiger partial charge < -0.3 is 10.6 Å². The lowest BCUT2D eigenvalue weighted by Gasteiger charge is -2.14. The smallest absolute Gasteiger partial charge is 0.274 e. The van der Waals surface area contributed by atoms with Crippen LogP contribution in [-0.2, 0) is 0 Å². The Labute approximate surface area is 175 Å². The van der Waals surface area contributed by atoms with E-state index in [0.717, 1.165) is 5.56 Å². The highest BCUT2D eigenvalue weighted by molar-refractivity contribution is 9.10. The van der Waals surface area contributed by atoms with E-state index in [0.29, 0.717) is 32.3 Å². The van der Waals surface area contributed by atoms with E-state index in [2.05, 4.69) is 36.6 Å². The molecule has 0 fully saturated rings. The Morgan fingerprint density at radius 2 is 1.93 bits per heavy atom. The summed E-state index contributed by atoms with van der Waals surface area (Å²) in [5.74, 6) is -0.411. The average Bonchev–Trinajstić information content (AvgIpc) is 3.05. The quantitative estimate of drug-likeness (QED) is 0.615. The molecule has 0 saturated heterocycles. The van der Waals surface area contributed by atoms with Gasteiger partial charge >= 0.3 is 0 Å². The standard InChI is InChI=1S/C19H17BrClN5O2/c1-10-7-12(18(27)22-3)16(13(20)8-10)24-19(28)15-9-11(2)25-26(15)17-14(21)5-4-6-23-17/h4-9H,1-3H3,(H,22,27)(H,24,28). The van der Waals surface area contributed by atoms with Gasteiger partial charge in [-0.1, -0.05) is 11.6 Å². The Morgan fingerprint density at radius 3 is 2.61 bits per heavy atom. The Balaban J connectivity index is 2.05. The molecule has 9 heteroatoms. The minimum absolute atomic E-state index is 0.244. The number of amides is 2. The van der Waals surface area contributed by atoms with Crippen molar-refractivity contribution in [2.45, 2.75) is 13.8 Å². The molecule has 0 saturated carbocycles. The predicted molar refractivity (Wildman–Crippen MR) is 111 cm³/mol. The van der Waals surface area contributed by atoms with Gasteiger partial charge in [0.05, 0.1) is 22.0 Å². The van der Waals surface area contributed by atoms with Crippen LogP contribution in [0.25, 0.3) is 5.82 Å². The molecule has 28 heavy (non-hydrogen) atoms. The molecule has 0 spiro atoms. The second-order valence-electron chi connectivity index (χ2n) is 6.09. The highest BCUT2D eigenvalue weighted by Gasteiger charge is 2.22. The molecule has 2 heterocycles. The first-order valence-electron chi connectivity index (χ1n) is 8.33. The van der Waals surface area contributed by atoms with Crippen LogP contribution < -0.4 is 10.6 Å². The SMILES string of the molecule is CNC(=O)c1cc(C)cc(Br)c1NC(=O)c1cc(C)nn1-c1ncccc1Cl. The van der Waals surface area contributed by atoms with Crippen LogP contribution in [0.15, 0.2) is 41.0 Å². The molecule has 2 amide bonds. The summed E-state index contributed by atoms with van der Waals surface area (Å²) < 4.78 is 1.98. The normalized spacial score (nSPS) is 10.6. The van der Waals surface area contributed by atoms with Crippen LogP contribution in [0.1, 0.15) is 32.1 Å². The molecule has 1 aromatic carbocycles. The van der Waals surface area contributed by atoms with E-state index in [9.17, 15) is 9.59 Å². The number of nitrogens with one attached hydrogen (secondary N) is 2. The van der Waals surface area contributed by atoms with E-state index in [4.69, 9.17) is 11.6 Å². The third-order valence-electron chi connectivity index (χ3n) is 3.95. The molecule has 0 aliphatic rings. The predicted octanol–water partition coefficient (Wildman–Crippen LogP) is 3.91. The molecule has 2 aromatic heterocycles. The number of benzene rings is 1. The van der Waals surface area contributed by atoms with Crippen molar-refractivity contribution in [3.05, 3.63) is 68.5 Å². The highest BCUT2D eigenvalue weighted by atomic mass is 79.9. The summed E-state index contributed by atoms with van der Waals surface area (Å²) in [7, 11) is 1.53. The number of aryl methyl sites for hydroxylation is 2. The topological polar surface area (TPSA) is 88.9 Å². The van der Waals surface area contributed by atoms with Gasteiger partial charge in [0.15, 0.2) is 5.82 Å². The first-order chi connectivity index (χ1) is 13.3. The number of rotatable bonds is 4. The summed E-state index contributed by atoms with van der Waals surface area (Å²) in [5.41, 5.74) is 2.47. The molecule has 0 radical (unpaired) electrons. The summed E-state index contributed by atoms with van der Waals surface area (Å²) in [6.07, 6.45) is 1.57. The van der Waals surface area contributed by atoms with E-state index >= 15 is 0 Å². The zero-order valence-electron chi connectivity index (χ0n) is 15.4. The second kappa shape index (κ2) is 8.12. The fourth-order valence-corrected chi connectivity index (χ4v) is 3.59. The van der Waals surface area contributed by atoms with E-state index in [1.165, 1.54) is 11.7 Å². The van der Waals surface area contributed by atoms with E-state index in [-0.39, 0.29) is 11.6 Å². The fourth-order valence-electron chi connectivity index (χ4n) is 2.72. The van der Waals surface area contributed by atoms with Crippen LogP contribution in [0.4, 0.5) is 5.69 Å². The van der Waals surface area contributed by atoms with Crippen molar-refractivity contribution in [1.82, 2.24) is 20.1 Å². The van der Waals surface area contributed by atoms with Crippen molar-refractivity contribution in [2.24, 2.45) is 0 Å². The molecule has 0 atom stereocenters. The molecule has 7 nitrogen and oxygen atoms in total. The molecular formula is C19H17BrClN5O2. The van der Waals surface area contributed by atoms with Gasteiger partial charge in [-0.15, -0.1) is 0 Å². The van der Waals surface area contributed by atoms with E-state index in [1.54, 1.807) is 37.4 Å². The van der Waals surface area contributed by atoms with Crippen LogP contribution in [0.2, 0.25) is 5.02 Å². The van der Waals surface area contributed by atoms with Gasteiger partial charge in [-0.2, -0.15) is 5.10 Å². The van der Waals surface area contributed by atoms with Gasteiger partial charge in [-0.25, -0.2) is 9.67 Å². The highest BCUT2D eigenvalue weighted by Crippen LogP contribution is 2.29. The maximum absolute atomic E-state index is 13.0. The number of aromatic nitrogens is 3. The van der Waals surface area contributed by atoms with Gasteiger partial charge in [0.25, 0.3) is 11.8 Å². The Bertz CT molecular complexity index is 1080. The fraction of sp³-hybridized carbons (Fsp3) is 0.158. The maximum Gasteiger partial charge on any atom is 0.274 e. The van der Waals surface area contributed by atoms with Gasteiger partial charge in [0.2, 0.25) is 0 Å². The number of hydrogen-bond donors (Lipinski definition) is 2. The number of carbonyl (C=O) groups excluding carboxylic acids is 2. The molecular weight excluding hydrogens is 446 g/mol. The van der Waals surface area contributed by atoms with Crippen molar-refractivity contribution >= 4 is 45.0 Å². The number of hydrogen-bond acceptors (Lipinski definition) is 4. The number of halogens is 2. The molecule has 3 rings (SSSR count). The maximum atomic E-state index is 13.0. The monoisotopic (exact) mass is 461 g/mol.